The van der Waals surface area contributed by atoms with E-state index in [2.05, 4.69) is 26.6 Å². The van der Waals surface area contributed by atoms with Gasteiger partial charge in [0.15, 0.2) is 0 Å². The fourth-order valence-electron chi connectivity index (χ4n) is 3.45. The van der Waals surface area contributed by atoms with Crippen molar-refractivity contribution in [3.05, 3.63) is 70.1 Å². The molecule has 0 aliphatic rings. The van der Waals surface area contributed by atoms with Crippen molar-refractivity contribution < 1.29 is 4.74 Å². The van der Waals surface area contributed by atoms with Gasteiger partial charge in [-0.15, -0.1) is 0 Å². The molecule has 7 heteroatoms. The molecular formula is C22H23N5O2. The number of H-pyrrole nitrogens is 1. The summed E-state index contributed by atoms with van der Waals surface area (Å²) in [6, 6.07) is 15.4. The Balaban J connectivity index is 1.69. The third kappa shape index (κ3) is 3.77. The number of aromatic amines is 1. The van der Waals surface area contributed by atoms with Crippen molar-refractivity contribution in [1.29, 1.82) is 0 Å². The number of hydrazone groups is 1. The van der Waals surface area contributed by atoms with Crippen molar-refractivity contribution in [3.63, 3.8) is 0 Å². The summed E-state index contributed by atoms with van der Waals surface area (Å²) in [7, 11) is 1.65. The van der Waals surface area contributed by atoms with Gasteiger partial charge < -0.3 is 9.72 Å². The van der Waals surface area contributed by atoms with E-state index in [1.165, 1.54) is 0 Å². The maximum atomic E-state index is 12.9. The minimum atomic E-state index is -0.0901. The Morgan fingerprint density at radius 2 is 1.93 bits per heavy atom. The van der Waals surface area contributed by atoms with E-state index in [0.717, 1.165) is 22.2 Å². The summed E-state index contributed by atoms with van der Waals surface area (Å²) in [5.74, 6) is 0.415. The molecule has 148 valence electrons. The van der Waals surface area contributed by atoms with Crippen LogP contribution in [0.4, 0.5) is 5.95 Å². The van der Waals surface area contributed by atoms with Gasteiger partial charge >= 0.3 is 0 Å². The molecule has 0 aliphatic carbocycles. The van der Waals surface area contributed by atoms with E-state index in [1.54, 1.807) is 24.0 Å². The van der Waals surface area contributed by atoms with Gasteiger partial charge in [-0.1, -0.05) is 30.3 Å². The summed E-state index contributed by atoms with van der Waals surface area (Å²) >= 11 is 0. The Morgan fingerprint density at radius 1 is 1.17 bits per heavy atom. The Kier molecular flexibility index (Phi) is 5.39. The van der Waals surface area contributed by atoms with Crippen molar-refractivity contribution in [2.75, 3.05) is 19.1 Å². The highest BCUT2D eigenvalue weighted by Crippen LogP contribution is 2.20. The second-order valence-electron chi connectivity index (χ2n) is 6.83. The maximum Gasteiger partial charge on any atom is 0.262 e. The number of nitrogens with zero attached hydrogens (tertiary/aromatic N) is 3. The van der Waals surface area contributed by atoms with E-state index in [-0.39, 0.29) is 5.56 Å². The van der Waals surface area contributed by atoms with E-state index in [0.29, 0.717) is 36.4 Å². The number of benzene rings is 2. The SMILES string of the molecule is COCCCn1c(N/N=C/c2c(C)[nH]c3ccccc23)nc2ccccc2c1=O. The number of aromatic nitrogens is 3. The van der Waals surface area contributed by atoms with Gasteiger partial charge in [-0.05, 0) is 31.5 Å². The van der Waals surface area contributed by atoms with Crippen molar-refractivity contribution in [3.8, 4) is 0 Å². The van der Waals surface area contributed by atoms with E-state index in [1.807, 2.05) is 43.3 Å². The Labute approximate surface area is 168 Å². The minimum absolute atomic E-state index is 0.0901. The van der Waals surface area contributed by atoms with Gasteiger partial charge in [0.25, 0.3) is 5.56 Å². The highest BCUT2D eigenvalue weighted by Gasteiger charge is 2.11. The zero-order valence-corrected chi connectivity index (χ0v) is 16.5. The predicted molar refractivity (Wildman–Crippen MR) is 117 cm³/mol. The number of para-hydroxylation sites is 2. The van der Waals surface area contributed by atoms with Crippen LogP contribution in [0.1, 0.15) is 17.7 Å². The summed E-state index contributed by atoms with van der Waals surface area (Å²) in [4.78, 5) is 20.9. The molecule has 0 unspecified atom stereocenters. The standard InChI is InChI=1S/C22H23N5O2/c1-15-18(16-8-3-5-10-19(16)24-15)14-23-26-22-25-20-11-6-4-9-17(20)21(28)27(22)12-7-13-29-2/h3-6,8-11,14,24H,7,12-13H2,1-2H3,(H,25,26)/b23-14+. The van der Waals surface area contributed by atoms with Crippen molar-refractivity contribution >= 4 is 34.0 Å². The predicted octanol–water partition coefficient (Wildman–Crippen LogP) is 3.67. The summed E-state index contributed by atoms with van der Waals surface area (Å²) in [5, 5.41) is 6.07. The van der Waals surface area contributed by atoms with Crippen LogP contribution in [0.25, 0.3) is 21.8 Å². The fourth-order valence-corrected chi connectivity index (χ4v) is 3.45. The first-order valence-corrected chi connectivity index (χ1v) is 9.54. The fraction of sp³-hybridized carbons (Fsp3) is 0.227. The second kappa shape index (κ2) is 8.28. The van der Waals surface area contributed by atoms with Crippen LogP contribution in [0.15, 0.2) is 58.4 Å². The molecule has 0 saturated heterocycles. The average Bonchev–Trinajstić information content (AvgIpc) is 3.05. The molecule has 0 amide bonds. The van der Waals surface area contributed by atoms with Gasteiger partial charge in [0.05, 0.1) is 17.1 Å². The highest BCUT2D eigenvalue weighted by molar-refractivity contribution is 6.00. The zero-order chi connectivity index (χ0) is 20.2. The summed E-state index contributed by atoms with van der Waals surface area (Å²) in [6.07, 6.45) is 2.46. The van der Waals surface area contributed by atoms with E-state index < -0.39 is 0 Å². The number of rotatable bonds is 7. The van der Waals surface area contributed by atoms with Crippen LogP contribution in [-0.4, -0.2) is 34.5 Å². The molecule has 0 saturated carbocycles. The lowest BCUT2D eigenvalue weighted by atomic mass is 10.1. The van der Waals surface area contributed by atoms with Crippen molar-refractivity contribution in [2.24, 2.45) is 5.10 Å². The molecule has 0 bridgehead atoms. The summed E-state index contributed by atoms with van der Waals surface area (Å²) in [6.45, 7) is 3.07. The van der Waals surface area contributed by atoms with E-state index in [4.69, 9.17) is 4.74 Å². The molecule has 0 aliphatic heterocycles. The largest absolute Gasteiger partial charge is 0.385 e. The third-order valence-corrected chi connectivity index (χ3v) is 4.89. The van der Waals surface area contributed by atoms with Gasteiger partial charge in [-0.3, -0.25) is 9.36 Å². The van der Waals surface area contributed by atoms with Gasteiger partial charge in [0.2, 0.25) is 5.95 Å². The van der Waals surface area contributed by atoms with Gasteiger partial charge in [0.1, 0.15) is 0 Å². The molecule has 0 atom stereocenters. The van der Waals surface area contributed by atoms with Crippen LogP contribution in [0.3, 0.4) is 0 Å². The van der Waals surface area contributed by atoms with E-state index in [9.17, 15) is 4.79 Å². The first-order valence-electron chi connectivity index (χ1n) is 9.54. The van der Waals surface area contributed by atoms with Gasteiger partial charge in [0, 0.05) is 42.4 Å². The van der Waals surface area contributed by atoms with Crippen LogP contribution in [0.2, 0.25) is 0 Å². The van der Waals surface area contributed by atoms with Gasteiger partial charge in [-0.25, -0.2) is 10.4 Å². The maximum absolute atomic E-state index is 12.9. The molecule has 29 heavy (non-hydrogen) atoms. The van der Waals surface area contributed by atoms with Crippen molar-refractivity contribution in [1.82, 2.24) is 14.5 Å². The number of ether oxygens (including phenoxy) is 1. The number of fused-ring (bicyclic) bond motifs is 2. The Hall–Kier alpha value is -3.45. The zero-order valence-electron chi connectivity index (χ0n) is 16.5. The van der Waals surface area contributed by atoms with Crippen LogP contribution < -0.4 is 11.0 Å². The molecule has 7 nitrogen and oxygen atoms in total. The summed E-state index contributed by atoms with van der Waals surface area (Å²) in [5.41, 5.74) is 6.61. The van der Waals surface area contributed by atoms with Crippen LogP contribution in [-0.2, 0) is 11.3 Å². The first kappa shape index (κ1) is 18.9. The quantitative estimate of drug-likeness (QED) is 0.287. The van der Waals surface area contributed by atoms with Crippen molar-refractivity contribution in [2.45, 2.75) is 19.9 Å². The molecule has 2 aromatic heterocycles. The monoisotopic (exact) mass is 389 g/mol. The molecule has 0 spiro atoms. The lowest BCUT2D eigenvalue weighted by Gasteiger charge is -2.12. The smallest absolute Gasteiger partial charge is 0.262 e. The minimum Gasteiger partial charge on any atom is -0.385 e. The number of anilines is 1. The summed E-state index contributed by atoms with van der Waals surface area (Å²) < 4.78 is 6.74. The van der Waals surface area contributed by atoms with E-state index >= 15 is 0 Å². The lowest BCUT2D eigenvalue weighted by Crippen LogP contribution is -2.24. The molecule has 0 radical (unpaired) electrons. The van der Waals surface area contributed by atoms with Gasteiger partial charge in [-0.2, -0.15) is 5.10 Å². The molecule has 2 heterocycles. The third-order valence-electron chi connectivity index (χ3n) is 4.89. The molecule has 4 aromatic rings. The molecule has 2 N–H and O–H groups in total. The number of hydrogen-bond acceptors (Lipinski definition) is 5. The Morgan fingerprint density at radius 3 is 2.76 bits per heavy atom. The topological polar surface area (TPSA) is 84.3 Å². The first-order chi connectivity index (χ1) is 14.2. The molecule has 4 rings (SSSR count). The average molecular weight is 389 g/mol. The highest BCUT2D eigenvalue weighted by atomic mass is 16.5. The second-order valence-corrected chi connectivity index (χ2v) is 6.83. The van der Waals surface area contributed by atoms with Crippen LogP contribution in [0.5, 0.6) is 0 Å². The van der Waals surface area contributed by atoms with Crippen LogP contribution >= 0.6 is 0 Å². The number of hydrogen-bond donors (Lipinski definition) is 2. The Bertz CT molecular complexity index is 1240. The molecular weight excluding hydrogens is 366 g/mol. The number of aryl methyl sites for hydroxylation is 1. The lowest BCUT2D eigenvalue weighted by molar-refractivity contribution is 0.190. The molecule has 2 aromatic carbocycles. The molecule has 0 fully saturated rings. The van der Waals surface area contributed by atoms with Crippen LogP contribution in [0, 0.1) is 6.92 Å². The number of methoxy groups -OCH3 is 1. The normalized spacial score (nSPS) is 11.7. The number of nitrogens with one attached hydrogen (secondary N) is 2.